The van der Waals surface area contributed by atoms with Crippen molar-refractivity contribution in [2.75, 3.05) is 19.8 Å². The van der Waals surface area contributed by atoms with Crippen molar-refractivity contribution in [3.05, 3.63) is 59.7 Å². The number of carbonyl (C=O) groups is 4. The van der Waals surface area contributed by atoms with Crippen LogP contribution in [0, 0.1) is 0 Å². The second-order valence-corrected chi connectivity index (χ2v) is 7.24. The number of ether oxygens (including phenoxy) is 2. The van der Waals surface area contributed by atoms with E-state index in [-0.39, 0.29) is 19.1 Å². The molecule has 1 aliphatic carbocycles. The van der Waals surface area contributed by atoms with Crippen molar-refractivity contribution < 1.29 is 38.9 Å². The number of esters is 1. The lowest BCUT2D eigenvalue weighted by Gasteiger charge is -2.20. The van der Waals surface area contributed by atoms with Gasteiger partial charge in [0.2, 0.25) is 6.04 Å². The molecule has 1 aliphatic rings. The van der Waals surface area contributed by atoms with Crippen molar-refractivity contribution in [3.63, 3.8) is 0 Å². The van der Waals surface area contributed by atoms with Gasteiger partial charge in [-0.05, 0) is 29.2 Å². The maximum atomic E-state index is 12.4. The Morgan fingerprint density at radius 2 is 1.52 bits per heavy atom. The molecule has 4 N–H and O–H groups in total. The molecule has 0 radical (unpaired) electrons. The van der Waals surface area contributed by atoms with E-state index in [0.717, 1.165) is 22.3 Å². The van der Waals surface area contributed by atoms with Crippen LogP contribution >= 0.6 is 0 Å². The highest BCUT2D eigenvalue weighted by atomic mass is 16.6. The summed E-state index contributed by atoms with van der Waals surface area (Å²) in [5.74, 6) is -3.98. The lowest BCUT2D eigenvalue weighted by atomic mass is 9.98. The zero-order valence-corrected chi connectivity index (χ0v) is 17.8. The summed E-state index contributed by atoms with van der Waals surface area (Å²) < 4.78 is 10.1. The van der Waals surface area contributed by atoms with Gasteiger partial charge >= 0.3 is 18.0 Å². The van der Waals surface area contributed by atoms with E-state index in [0.29, 0.717) is 0 Å². The number of alkyl carbamates (subject to hydrolysis) is 1. The SMILES string of the molecule is CCOC(=O)C(NC(=O)OCC1c2ccccc2-c2ccccc21)C(=O)N[C@H](CO)C(=O)O. The van der Waals surface area contributed by atoms with E-state index in [9.17, 15) is 19.2 Å². The number of carboxylic acid groups (broad SMARTS) is 1. The molecule has 2 amide bonds. The van der Waals surface area contributed by atoms with Crippen molar-refractivity contribution >= 4 is 23.9 Å². The first-order valence-electron chi connectivity index (χ1n) is 10.3. The van der Waals surface area contributed by atoms with Crippen LogP contribution in [0.3, 0.4) is 0 Å². The molecule has 0 aromatic heterocycles. The number of fused-ring (bicyclic) bond motifs is 3. The molecule has 10 nitrogen and oxygen atoms in total. The average Bonchev–Trinajstić information content (AvgIpc) is 3.13. The number of nitrogens with one attached hydrogen (secondary N) is 2. The second-order valence-electron chi connectivity index (χ2n) is 7.24. The summed E-state index contributed by atoms with van der Waals surface area (Å²) in [4.78, 5) is 48.1. The van der Waals surface area contributed by atoms with Gasteiger partial charge in [0, 0.05) is 5.92 Å². The summed E-state index contributed by atoms with van der Waals surface area (Å²) in [6.07, 6.45) is -1.05. The Morgan fingerprint density at radius 3 is 2.03 bits per heavy atom. The monoisotopic (exact) mass is 456 g/mol. The smallest absolute Gasteiger partial charge is 0.408 e. The zero-order valence-electron chi connectivity index (χ0n) is 17.8. The Kier molecular flexibility index (Phi) is 7.62. The second kappa shape index (κ2) is 10.6. The molecule has 0 saturated carbocycles. The van der Waals surface area contributed by atoms with Crippen molar-refractivity contribution in [2.45, 2.75) is 24.9 Å². The van der Waals surface area contributed by atoms with Gasteiger partial charge in [0.25, 0.3) is 5.91 Å². The number of amides is 2. The minimum absolute atomic E-state index is 0.0502. The van der Waals surface area contributed by atoms with Gasteiger partial charge in [0.15, 0.2) is 0 Å². The molecule has 0 heterocycles. The maximum absolute atomic E-state index is 12.4. The van der Waals surface area contributed by atoms with Gasteiger partial charge in [-0.1, -0.05) is 48.5 Å². The molecule has 0 fully saturated rings. The molecule has 1 unspecified atom stereocenters. The number of carboxylic acids is 1. The van der Waals surface area contributed by atoms with Crippen LogP contribution in [-0.4, -0.2) is 66.1 Å². The fraction of sp³-hybridized carbons (Fsp3) is 0.304. The largest absolute Gasteiger partial charge is 0.480 e. The van der Waals surface area contributed by atoms with Crippen LogP contribution in [0.2, 0.25) is 0 Å². The number of aliphatic hydroxyl groups is 1. The summed E-state index contributed by atoms with van der Waals surface area (Å²) in [5.41, 5.74) is 4.04. The van der Waals surface area contributed by atoms with E-state index in [1.807, 2.05) is 53.8 Å². The van der Waals surface area contributed by atoms with Crippen molar-refractivity contribution in [2.24, 2.45) is 0 Å². The third-order valence-electron chi connectivity index (χ3n) is 5.19. The summed E-state index contributed by atoms with van der Waals surface area (Å²) in [6.45, 7) is 0.484. The van der Waals surface area contributed by atoms with Crippen molar-refractivity contribution in [1.29, 1.82) is 0 Å². The van der Waals surface area contributed by atoms with Crippen LogP contribution < -0.4 is 10.6 Å². The normalized spacial score (nSPS) is 13.8. The van der Waals surface area contributed by atoms with E-state index < -0.39 is 42.6 Å². The molecule has 2 aromatic carbocycles. The van der Waals surface area contributed by atoms with Gasteiger partial charge < -0.3 is 25.0 Å². The van der Waals surface area contributed by atoms with Crippen LogP contribution in [0.1, 0.15) is 24.0 Å². The van der Waals surface area contributed by atoms with Crippen LogP contribution in [-0.2, 0) is 23.9 Å². The Morgan fingerprint density at radius 1 is 0.939 bits per heavy atom. The first-order chi connectivity index (χ1) is 15.9. The summed E-state index contributed by atoms with van der Waals surface area (Å²) in [7, 11) is 0. The van der Waals surface area contributed by atoms with Gasteiger partial charge in [-0.3, -0.25) is 10.1 Å². The Hall–Kier alpha value is -3.92. The molecule has 0 aliphatic heterocycles. The highest BCUT2D eigenvalue weighted by Crippen LogP contribution is 2.44. The van der Waals surface area contributed by atoms with Crippen LogP contribution in [0.15, 0.2) is 48.5 Å². The number of rotatable bonds is 9. The molecule has 0 saturated heterocycles. The molecule has 174 valence electrons. The minimum atomic E-state index is -1.85. The van der Waals surface area contributed by atoms with Crippen LogP contribution in [0.4, 0.5) is 4.79 Å². The third kappa shape index (κ3) is 5.29. The van der Waals surface area contributed by atoms with Gasteiger partial charge in [-0.25, -0.2) is 14.4 Å². The quantitative estimate of drug-likeness (QED) is 0.322. The van der Waals surface area contributed by atoms with Crippen molar-refractivity contribution in [3.8, 4) is 11.1 Å². The molecule has 3 rings (SSSR count). The first kappa shape index (κ1) is 23.7. The lowest BCUT2D eigenvalue weighted by molar-refractivity contribution is -0.151. The molecule has 33 heavy (non-hydrogen) atoms. The third-order valence-corrected chi connectivity index (χ3v) is 5.19. The fourth-order valence-electron chi connectivity index (χ4n) is 3.66. The van der Waals surface area contributed by atoms with E-state index >= 15 is 0 Å². The first-order valence-corrected chi connectivity index (χ1v) is 10.3. The highest BCUT2D eigenvalue weighted by molar-refractivity contribution is 6.05. The van der Waals surface area contributed by atoms with E-state index in [1.165, 1.54) is 6.92 Å². The molecule has 0 bridgehead atoms. The molecular weight excluding hydrogens is 432 g/mol. The van der Waals surface area contributed by atoms with Gasteiger partial charge in [0.1, 0.15) is 12.6 Å². The summed E-state index contributed by atoms with van der Waals surface area (Å²) in [6, 6.07) is 12.0. The zero-order chi connectivity index (χ0) is 24.0. The molecular formula is C23H24N2O8. The number of aliphatic hydroxyl groups excluding tert-OH is 1. The summed E-state index contributed by atoms with van der Waals surface area (Å²) in [5, 5.41) is 22.2. The van der Waals surface area contributed by atoms with Gasteiger partial charge in [-0.15, -0.1) is 0 Å². The fourth-order valence-corrected chi connectivity index (χ4v) is 3.66. The number of hydrogen-bond donors (Lipinski definition) is 4. The van der Waals surface area contributed by atoms with E-state index in [1.54, 1.807) is 0 Å². The van der Waals surface area contributed by atoms with Crippen LogP contribution in [0.5, 0.6) is 0 Å². The standard InChI is InChI=1S/C23H24N2O8/c1-2-32-22(30)19(20(27)24-18(11-26)21(28)29)25-23(31)33-12-17-15-9-5-3-7-13(15)14-8-4-6-10-16(14)17/h3-10,17-19,26H,2,11-12H2,1H3,(H,24,27)(H,25,31)(H,28,29)/t18-,19?/m1/s1. The predicted octanol–water partition coefficient (Wildman–Crippen LogP) is 1.02. The maximum Gasteiger partial charge on any atom is 0.408 e. The molecule has 2 atom stereocenters. The molecule has 2 aromatic rings. The number of carbonyl (C=O) groups excluding carboxylic acids is 3. The van der Waals surface area contributed by atoms with Crippen molar-refractivity contribution in [1.82, 2.24) is 10.6 Å². The molecule has 10 heteroatoms. The van der Waals surface area contributed by atoms with E-state index in [2.05, 4.69) is 5.32 Å². The lowest BCUT2D eigenvalue weighted by Crippen LogP contribution is -2.56. The summed E-state index contributed by atoms with van der Waals surface area (Å²) >= 11 is 0. The number of benzene rings is 2. The Labute approximate surface area is 189 Å². The Balaban J connectivity index is 1.70. The van der Waals surface area contributed by atoms with Crippen LogP contribution in [0.25, 0.3) is 11.1 Å². The van der Waals surface area contributed by atoms with Gasteiger partial charge in [-0.2, -0.15) is 0 Å². The average molecular weight is 456 g/mol. The molecule has 0 spiro atoms. The van der Waals surface area contributed by atoms with Gasteiger partial charge in [0.05, 0.1) is 13.2 Å². The number of aliphatic carboxylic acids is 1. The van der Waals surface area contributed by atoms with E-state index in [4.69, 9.17) is 19.7 Å². The minimum Gasteiger partial charge on any atom is -0.480 e. The number of hydrogen-bond acceptors (Lipinski definition) is 7. The topological polar surface area (TPSA) is 151 Å². The predicted molar refractivity (Wildman–Crippen MR) is 115 cm³/mol. The highest BCUT2D eigenvalue weighted by Gasteiger charge is 2.34. The Bertz CT molecular complexity index is 1010.